The summed E-state index contributed by atoms with van der Waals surface area (Å²) in [4.78, 5) is 28.5. The van der Waals surface area contributed by atoms with Gasteiger partial charge in [0.05, 0.1) is 5.56 Å². The van der Waals surface area contributed by atoms with Crippen LogP contribution in [0.4, 0.5) is 0 Å². The summed E-state index contributed by atoms with van der Waals surface area (Å²) < 4.78 is 1.71. The predicted molar refractivity (Wildman–Crippen MR) is 58.6 cm³/mol. The third-order valence-electron chi connectivity index (χ3n) is 2.96. The highest BCUT2D eigenvalue weighted by Gasteiger charge is 2.22. The number of carbonyl (C=O) groups is 1. The lowest BCUT2D eigenvalue weighted by atomic mass is 10.0. The van der Waals surface area contributed by atoms with Gasteiger partial charge in [0.15, 0.2) is 0 Å². The Morgan fingerprint density at radius 2 is 2.29 bits per heavy atom. The molecule has 1 aliphatic heterocycles. The molecule has 0 amide bonds. The van der Waals surface area contributed by atoms with Crippen molar-refractivity contribution in [3.63, 3.8) is 0 Å². The molecule has 0 radical (unpaired) electrons. The van der Waals surface area contributed by atoms with Gasteiger partial charge in [0, 0.05) is 23.7 Å². The van der Waals surface area contributed by atoms with Crippen molar-refractivity contribution in [1.82, 2.24) is 14.5 Å². The van der Waals surface area contributed by atoms with E-state index in [0.717, 1.165) is 5.56 Å². The number of hydrogen-bond donors (Lipinski definition) is 2. The number of carboxylic acid groups (broad SMARTS) is 1. The smallest absolute Gasteiger partial charge is 0.346 e. The lowest BCUT2D eigenvalue weighted by Crippen LogP contribution is -2.21. The van der Waals surface area contributed by atoms with E-state index in [1.807, 2.05) is 0 Å². The molecule has 6 heteroatoms. The monoisotopic (exact) mass is 231 g/mol. The van der Waals surface area contributed by atoms with Crippen LogP contribution in [0.3, 0.4) is 0 Å². The van der Waals surface area contributed by atoms with Gasteiger partial charge in [-0.2, -0.15) is 0 Å². The topological polar surface area (TPSA) is 88.0 Å². The zero-order chi connectivity index (χ0) is 12.0. The first-order valence-corrected chi connectivity index (χ1v) is 5.19. The lowest BCUT2D eigenvalue weighted by molar-refractivity contribution is 0.0695. The summed E-state index contributed by atoms with van der Waals surface area (Å²) in [7, 11) is 0. The molecule has 3 rings (SSSR count). The average molecular weight is 231 g/mol. The number of aromatic amines is 1. The second-order valence-corrected chi connectivity index (χ2v) is 3.91. The summed E-state index contributed by atoms with van der Waals surface area (Å²) in [6.07, 6.45) is 4.52. The van der Waals surface area contributed by atoms with Gasteiger partial charge in [0.1, 0.15) is 5.82 Å². The quantitative estimate of drug-likeness (QED) is 0.741. The number of hydrogen-bond acceptors (Lipinski definition) is 3. The number of carboxylic acids is 1. The molecule has 0 aromatic carbocycles. The van der Waals surface area contributed by atoms with E-state index in [2.05, 4.69) is 9.97 Å². The summed E-state index contributed by atoms with van der Waals surface area (Å²) in [5, 5.41) is 9.03. The fourth-order valence-corrected chi connectivity index (χ4v) is 2.19. The number of fused-ring (bicyclic) bond motifs is 3. The lowest BCUT2D eigenvalue weighted by Gasteiger charge is -2.18. The van der Waals surface area contributed by atoms with Gasteiger partial charge in [-0.1, -0.05) is 0 Å². The zero-order valence-corrected chi connectivity index (χ0v) is 8.80. The summed E-state index contributed by atoms with van der Waals surface area (Å²) in [6.45, 7) is 0. The molecule has 0 saturated heterocycles. The molecule has 0 fully saturated rings. The van der Waals surface area contributed by atoms with Crippen LogP contribution in [0.25, 0.3) is 5.82 Å². The Bertz CT molecular complexity index is 669. The molecule has 17 heavy (non-hydrogen) atoms. The molecule has 2 aromatic rings. The number of H-pyrrole nitrogens is 1. The van der Waals surface area contributed by atoms with Crippen molar-refractivity contribution in [2.45, 2.75) is 12.8 Å². The van der Waals surface area contributed by atoms with Crippen LogP contribution in [-0.2, 0) is 12.8 Å². The van der Waals surface area contributed by atoms with Gasteiger partial charge in [-0.25, -0.2) is 14.6 Å². The maximum Gasteiger partial charge on any atom is 0.346 e. The molecule has 2 N–H and O–H groups in total. The van der Waals surface area contributed by atoms with Crippen LogP contribution >= 0.6 is 0 Å². The van der Waals surface area contributed by atoms with E-state index in [-0.39, 0.29) is 5.56 Å². The average Bonchev–Trinajstić information content (AvgIpc) is 2.72. The Morgan fingerprint density at radius 3 is 3.06 bits per heavy atom. The van der Waals surface area contributed by atoms with Crippen molar-refractivity contribution in [3.05, 3.63) is 45.8 Å². The van der Waals surface area contributed by atoms with Crippen molar-refractivity contribution >= 4 is 5.97 Å². The highest BCUT2D eigenvalue weighted by Crippen LogP contribution is 2.24. The van der Waals surface area contributed by atoms with Gasteiger partial charge < -0.3 is 9.67 Å². The number of aryl methyl sites for hydroxylation is 1. The normalized spacial score (nSPS) is 12.9. The first-order valence-electron chi connectivity index (χ1n) is 5.19. The summed E-state index contributed by atoms with van der Waals surface area (Å²) in [6, 6.07) is 1.55. The standard InChI is InChI=1S/C11H9N3O3/c15-10(16)7-3-4-14-8(7)2-1-6-5-12-11(17)13-9(6)14/h3-5H,1-2H2,(H,15,16)(H,12,13,17). The van der Waals surface area contributed by atoms with Crippen LogP contribution in [0.1, 0.15) is 21.6 Å². The fraction of sp³-hybridized carbons (Fsp3) is 0.182. The Balaban J connectivity index is 2.27. The number of aromatic nitrogens is 3. The molecule has 3 heterocycles. The van der Waals surface area contributed by atoms with Crippen LogP contribution in [-0.4, -0.2) is 25.6 Å². The van der Waals surface area contributed by atoms with Crippen molar-refractivity contribution < 1.29 is 9.90 Å². The van der Waals surface area contributed by atoms with Crippen LogP contribution in [0.15, 0.2) is 23.3 Å². The van der Waals surface area contributed by atoms with Crippen molar-refractivity contribution in [2.24, 2.45) is 0 Å². The van der Waals surface area contributed by atoms with E-state index in [0.29, 0.717) is 24.4 Å². The molecule has 0 unspecified atom stereocenters. The molecule has 0 atom stereocenters. The molecule has 0 bridgehead atoms. The molecule has 6 nitrogen and oxygen atoms in total. The van der Waals surface area contributed by atoms with Gasteiger partial charge in [-0.05, 0) is 18.9 Å². The molecule has 2 aromatic heterocycles. The van der Waals surface area contributed by atoms with Gasteiger partial charge in [-0.3, -0.25) is 4.98 Å². The Labute approximate surface area is 95.6 Å². The van der Waals surface area contributed by atoms with Gasteiger partial charge in [-0.15, -0.1) is 0 Å². The van der Waals surface area contributed by atoms with Crippen molar-refractivity contribution in [1.29, 1.82) is 0 Å². The van der Waals surface area contributed by atoms with E-state index in [4.69, 9.17) is 5.11 Å². The molecule has 0 spiro atoms. The first kappa shape index (κ1) is 9.83. The van der Waals surface area contributed by atoms with E-state index in [1.165, 1.54) is 6.20 Å². The number of nitrogens with one attached hydrogen (secondary N) is 1. The first-order chi connectivity index (χ1) is 8.16. The molecular formula is C11H9N3O3. The Hall–Kier alpha value is -2.37. The number of rotatable bonds is 1. The second kappa shape index (κ2) is 3.31. The Morgan fingerprint density at radius 1 is 1.47 bits per heavy atom. The maximum atomic E-state index is 11.2. The van der Waals surface area contributed by atoms with Crippen LogP contribution < -0.4 is 5.69 Å². The SMILES string of the molecule is O=C(O)c1ccn2c1CCc1cnc(=O)[nH]c1-2. The zero-order valence-electron chi connectivity index (χ0n) is 8.80. The van der Waals surface area contributed by atoms with Crippen molar-refractivity contribution in [2.75, 3.05) is 0 Å². The Kier molecular flexibility index (Phi) is 1.91. The molecule has 0 saturated carbocycles. The summed E-state index contributed by atoms with van der Waals surface area (Å²) in [5.41, 5.74) is 1.49. The van der Waals surface area contributed by atoms with Gasteiger partial charge in [0.25, 0.3) is 0 Å². The van der Waals surface area contributed by atoms with Crippen LogP contribution in [0, 0.1) is 0 Å². The minimum atomic E-state index is -0.946. The van der Waals surface area contributed by atoms with Crippen LogP contribution in [0.2, 0.25) is 0 Å². The maximum absolute atomic E-state index is 11.2. The van der Waals surface area contributed by atoms with Gasteiger partial charge in [0.2, 0.25) is 0 Å². The van der Waals surface area contributed by atoms with E-state index in [9.17, 15) is 9.59 Å². The number of aromatic carboxylic acids is 1. The minimum Gasteiger partial charge on any atom is -0.478 e. The highest BCUT2D eigenvalue weighted by molar-refractivity contribution is 5.89. The fourth-order valence-electron chi connectivity index (χ4n) is 2.19. The van der Waals surface area contributed by atoms with E-state index >= 15 is 0 Å². The highest BCUT2D eigenvalue weighted by atomic mass is 16.4. The predicted octanol–water partition coefficient (Wildman–Crippen LogP) is 0.357. The second-order valence-electron chi connectivity index (χ2n) is 3.91. The summed E-state index contributed by atoms with van der Waals surface area (Å²) in [5.74, 6) is -0.322. The largest absolute Gasteiger partial charge is 0.478 e. The van der Waals surface area contributed by atoms with E-state index in [1.54, 1.807) is 16.8 Å². The number of nitrogens with zero attached hydrogens (tertiary/aromatic N) is 2. The molecular weight excluding hydrogens is 222 g/mol. The van der Waals surface area contributed by atoms with Crippen LogP contribution in [0.5, 0.6) is 0 Å². The third kappa shape index (κ3) is 1.37. The minimum absolute atomic E-state index is 0.285. The molecule has 86 valence electrons. The van der Waals surface area contributed by atoms with E-state index < -0.39 is 11.7 Å². The summed E-state index contributed by atoms with van der Waals surface area (Å²) >= 11 is 0. The third-order valence-corrected chi connectivity index (χ3v) is 2.96. The van der Waals surface area contributed by atoms with Crippen molar-refractivity contribution in [3.8, 4) is 5.82 Å². The van der Waals surface area contributed by atoms with Gasteiger partial charge >= 0.3 is 11.7 Å². The molecule has 0 aliphatic carbocycles. The molecule has 1 aliphatic rings.